The van der Waals surface area contributed by atoms with Crippen LogP contribution in [0.5, 0.6) is 0 Å². The van der Waals surface area contributed by atoms with E-state index in [1.54, 1.807) is 0 Å². The minimum absolute atomic E-state index is 0.0293. The molecule has 6 heteroatoms. The van der Waals surface area contributed by atoms with Crippen LogP contribution in [-0.2, 0) is 9.53 Å². The summed E-state index contributed by atoms with van der Waals surface area (Å²) >= 11 is 0. The number of ether oxygens (including phenoxy) is 1. The van der Waals surface area contributed by atoms with Crippen LogP contribution in [0.15, 0.2) is 11.8 Å². The fraction of sp³-hybridized carbons (Fsp3) is 0.429. The van der Waals surface area contributed by atoms with Crippen molar-refractivity contribution in [1.29, 1.82) is 0 Å². The molecule has 0 unspecified atom stereocenters. The van der Waals surface area contributed by atoms with Crippen molar-refractivity contribution in [3.8, 4) is 0 Å². The van der Waals surface area contributed by atoms with Crippen LogP contribution in [0.3, 0.4) is 0 Å². The van der Waals surface area contributed by atoms with E-state index < -0.39 is 17.8 Å². The summed E-state index contributed by atoms with van der Waals surface area (Å²) in [5.74, 6) is -1.16. The summed E-state index contributed by atoms with van der Waals surface area (Å²) in [6.45, 7) is 7.60. The Morgan fingerprint density at radius 3 is 2.46 bits per heavy atom. The zero-order valence-corrected chi connectivity index (χ0v) is 6.68. The van der Waals surface area contributed by atoms with Gasteiger partial charge in [-0.15, -0.1) is 0 Å². The third kappa shape index (κ3) is 4.15. The van der Waals surface area contributed by atoms with E-state index in [1.165, 1.54) is 6.92 Å². The maximum Gasteiger partial charge on any atom is 0.419 e. The third-order valence-electron chi connectivity index (χ3n) is 0.952. The van der Waals surface area contributed by atoms with Gasteiger partial charge >= 0.3 is 12.1 Å². The lowest BCUT2D eigenvalue weighted by atomic mass is 10.4. The molecule has 72 valence electrons. The van der Waals surface area contributed by atoms with Crippen LogP contribution in [0.4, 0.5) is 13.2 Å². The van der Waals surface area contributed by atoms with Crippen LogP contribution in [0.2, 0.25) is 0 Å². The Labute approximate surface area is 72.6 Å². The Morgan fingerprint density at radius 2 is 2.15 bits per heavy atom. The van der Waals surface area contributed by atoms with Crippen LogP contribution < -0.4 is 0 Å². The smallest absolute Gasteiger partial charge is 0.419 e. The first-order valence-electron chi connectivity index (χ1n) is 3.25. The SMILES string of the molecule is [C-]#[N+]C(=CC(=O)OCC)C(F)(F)F. The first-order chi connectivity index (χ1) is 5.91. The van der Waals surface area contributed by atoms with Gasteiger partial charge in [0.25, 0.3) is 5.70 Å². The van der Waals surface area contributed by atoms with Gasteiger partial charge in [-0.25, -0.2) is 9.64 Å². The number of hydrogen-bond acceptors (Lipinski definition) is 2. The molecule has 0 fully saturated rings. The predicted molar refractivity (Wildman–Crippen MR) is 37.4 cm³/mol. The molecule has 0 atom stereocenters. The lowest BCUT2D eigenvalue weighted by molar-refractivity contribution is -0.138. The van der Waals surface area contributed by atoms with E-state index in [4.69, 9.17) is 6.57 Å². The predicted octanol–water partition coefficient (Wildman–Crippen LogP) is 1.91. The number of halogens is 3. The third-order valence-corrected chi connectivity index (χ3v) is 0.952. The van der Waals surface area contributed by atoms with Crippen LogP contribution >= 0.6 is 0 Å². The summed E-state index contributed by atoms with van der Waals surface area (Å²) in [7, 11) is 0. The van der Waals surface area contributed by atoms with E-state index in [0.29, 0.717) is 0 Å². The minimum atomic E-state index is -4.80. The molecule has 0 aromatic heterocycles. The summed E-state index contributed by atoms with van der Waals surface area (Å²) in [6, 6.07) is 0. The van der Waals surface area contributed by atoms with Crippen molar-refractivity contribution in [2.45, 2.75) is 13.1 Å². The van der Waals surface area contributed by atoms with Gasteiger partial charge in [-0.1, -0.05) is 0 Å². The average molecular weight is 193 g/mol. The molecule has 0 aromatic rings. The van der Waals surface area contributed by atoms with Crippen LogP contribution in [0.1, 0.15) is 6.92 Å². The van der Waals surface area contributed by atoms with Gasteiger partial charge in [-0.2, -0.15) is 13.2 Å². The fourth-order valence-electron chi connectivity index (χ4n) is 0.473. The zero-order chi connectivity index (χ0) is 10.5. The van der Waals surface area contributed by atoms with Crippen molar-refractivity contribution in [2.24, 2.45) is 0 Å². The van der Waals surface area contributed by atoms with E-state index in [1.807, 2.05) is 0 Å². The Bertz CT molecular complexity index is 262. The molecule has 0 aliphatic carbocycles. The molecule has 0 saturated heterocycles. The molecule has 0 saturated carbocycles. The highest BCUT2D eigenvalue weighted by atomic mass is 19.4. The molecule has 0 rings (SSSR count). The van der Waals surface area contributed by atoms with Gasteiger partial charge < -0.3 is 4.74 Å². The van der Waals surface area contributed by atoms with Crippen LogP contribution in [-0.4, -0.2) is 18.8 Å². The lowest BCUT2D eigenvalue weighted by Crippen LogP contribution is -2.12. The van der Waals surface area contributed by atoms with Gasteiger partial charge in [0.1, 0.15) is 0 Å². The van der Waals surface area contributed by atoms with Gasteiger partial charge in [0, 0.05) is 6.08 Å². The molecular formula is C7H6F3NO2. The van der Waals surface area contributed by atoms with E-state index in [2.05, 4.69) is 9.58 Å². The monoisotopic (exact) mass is 193 g/mol. The normalized spacial score (nSPS) is 12.1. The van der Waals surface area contributed by atoms with Gasteiger partial charge in [0.05, 0.1) is 13.2 Å². The summed E-state index contributed by atoms with van der Waals surface area (Å²) in [4.78, 5) is 12.7. The quantitative estimate of drug-likeness (QED) is 0.381. The molecule has 0 bridgehead atoms. The van der Waals surface area contributed by atoms with Crippen molar-refractivity contribution in [1.82, 2.24) is 0 Å². The van der Waals surface area contributed by atoms with E-state index >= 15 is 0 Å². The molecule has 3 nitrogen and oxygen atoms in total. The molecule has 0 radical (unpaired) electrons. The Kier molecular flexibility index (Phi) is 3.98. The minimum Gasteiger partial charge on any atom is -0.464 e. The second-order valence-corrected chi connectivity index (χ2v) is 1.89. The number of carbonyl (C=O) groups is 1. The highest BCUT2D eigenvalue weighted by Gasteiger charge is 2.35. The summed E-state index contributed by atoms with van der Waals surface area (Å²) in [5, 5.41) is 0. The van der Waals surface area contributed by atoms with E-state index in [-0.39, 0.29) is 12.7 Å². The first kappa shape index (κ1) is 11.5. The second-order valence-electron chi connectivity index (χ2n) is 1.89. The molecule has 0 amide bonds. The molecule has 0 aliphatic heterocycles. The molecule has 0 aromatic carbocycles. The van der Waals surface area contributed by atoms with Crippen molar-refractivity contribution in [3.05, 3.63) is 23.2 Å². The maximum atomic E-state index is 11.8. The second kappa shape index (κ2) is 4.50. The van der Waals surface area contributed by atoms with Crippen molar-refractivity contribution >= 4 is 5.97 Å². The van der Waals surface area contributed by atoms with Crippen molar-refractivity contribution < 1.29 is 22.7 Å². The summed E-state index contributed by atoms with van der Waals surface area (Å²) < 4.78 is 39.7. The van der Waals surface area contributed by atoms with Gasteiger partial charge in [0.2, 0.25) is 0 Å². The number of esters is 1. The number of carbonyl (C=O) groups excluding carboxylic acids is 1. The van der Waals surface area contributed by atoms with Crippen LogP contribution in [0.25, 0.3) is 4.85 Å². The van der Waals surface area contributed by atoms with Crippen LogP contribution in [0, 0.1) is 6.57 Å². The van der Waals surface area contributed by atoms with E-state index in [9.17, 15) is 18.0 Å². The fourth-order valence-corrected chi connectivity index (χ4v) is 0.473. The van der Waals surface area contributed by atoms with Crippen molar-refractivity contribution in [2.75, 3.05) is 6.61 Å². The molecule has 13 heavy (non-hydrogen) atoms. The largest absolute Gasteiger partial charge is 0.464 e. The topological polar surface area (TPSA) is 30.7 Å². The highest BCUT2D eigenvalue weighted by Crippen LogP contribution is 2.26. The number of alkyl halides is 3. The number of allylic oxidation sites excluding steroid dienone is 1. The Hall–Kier alpha value is -1.51. The highest BCUT2D eigenvalue weighted by molar-refractivity contribution is 5.83. The number of hydrogen-bond donors (Lipinski definition) is 0. The molecule has 0 spiro atoms. The molecule has 0 aliphatic rings. The summed E-state index contributed by atoms with van der Waals surface area (Å²) in [5.41, 5.74) is -1.58. The summed E-state index contributed by atoms with van der Waals surface area (Å²) in [6.07, 6.45) is -4.66. The number of rotatable bonds is 2. The number of nitrogens with zero attached hydrogens (tertiary/aromatic N) is 1. The molecule has 0 N–H and O–H groups in total. The molecule has 0 heterocycles. The molecular weight excluding hydrogens is 187 g/mol. The first-order valence-corrected chi connectivity index (χ1v) is 3.25. The lowest BCUT2D eigenvalue weighted by Gasteiger charge is -2.02. The van der Waals surface area contributed by atoms with E-state index in [0.717, 1.165) is 0 Å². The van der Waals surface area contributed by atoms with Gasteiger partial charge in [-0.3, -0.25) is 0 Å². The average Bonchev–Trinajstić information content (AvgIpc) is 1.98. The van der Waals surface area contributed by atoms with Crippen molar-refractivity contribution in [3.63, 3.8) is 0 Å². The maximum absolute atomic E-state index is 11.8. The Morgan fingerprint density at radius 1 is 1.62 bits per heavy atom. The zero-order valence-electron chi connectivity index (χ0n) is 6.68. The standard InChI is InChI=1S/C7H6F3NO2/c1-3-13-6(12)4-5(11-2)7(8,9)10/h4H,3H2,1H3. The van der Waals surface area contributed by atoms with Gasteiger partial charge in [0.15, 0.2) is 0 Å². The Balaban J connectivity index is 4.61. The van der Waals surface area contributed by atoms with Gasteiger partial charge in [-0.05, 0) is 6.92 Å².